The van der Waals surface area contributed by atoms with Crippen molar-refractivity contribution in [3.05, 3.63) is 18.2 Å². The Labute approximate surface area is 110 Å². The third-order valence-electron chi connectivity index (χ3n) is 3.03. The lowest BCUT2D eigenvalue weighted by atomic mass is 10.0. The van der Waals surface area contributed by atoms with Crippen LogP contribution in [0.2, 0.25) is 0 Å². The second-order valence-electron chi connectivity index (χ2n) is 4.54. The van der Waals surface area contributed by atoms with Gasteiger partial charge in [-0.2, -0.15) is 0 Å². The van der Waals surface area contributed by atoms with Crippen LogP contribution < -0.4 is 10.6 Å². The van der Waals surface area contributed by atoms with Crippen LogP contribution in [0.25, 0.3) is 0 Å². The number of hydrogen-bond donors (Lipinski definition) is 3. The van der Waals surface area contributed by atoms with Crippen molar-refractivity contribution >= 4 is 18.1 Å². The number of amides is 2. The first kappa shape index (κ1) is 13.3. The molecule has 0 aliphatic carbocycles. The van der Waals surface area contributed by atoms with E-state index < -0.39 is 12.1 Å². The van der Waals surface area contributed by atoms with Crippen LogP contribution >= 0.6 is 0 Å². The van der Waals surface area contributed by atoms with Crippen molar-refractivity contribution in [1.29, 1.82) is 0 Å². The Bertz CT molecular complexity index is 458. The lowest BCUT2D eigenvalue weighted by Crippen LogP contribution is -2.52. The van der Waals surface area contributed by atoms with E-state index in [4.69, 9.17) is 0 Å². The molecule has 7 heteroatoms. The van der Waals surface area contributed by atoms with Crippen LogP contribution in [0, 0.1) is 0 Å². The molecule has 2 atom stereocenters. The Morgan fingerprint density at radius 2 is 2.47 bits per heavy atom. The number of carbonyl (C=O) groups is 3. The maximum absolute atomic E-state index is 11.9. The molecule has 0 saturated carbocycles. The zero-order valence-corrected chi connectivity index (χ0v) is 10.4. The van der Waals surface area contributed by atoms with E-state index in [9.17, 15) is 14.4 Å². The Morgan fingerprint density at radius 3 is 3.11 bits per heavy atom. The molecule has 2 amide bonds. The first-order valence-electron chi connectivity index (χ1n) is 6.21. The lowest BCUT2D eigenvalue weighted by Gasteiger charge is -2.23. The highest BCUT2D eigenvalue weighted by Crippen LogP contribution is 2.08. The summed E-state index contributed by atoms with van der Waals surface area (Å²) in [5, 5.41) is 5.24. The molecular formula is C12H16N4O3. The van der Waals surface area contributed by atoms with Crippen LogP contribution in [0.15, 0.2) is 12.5 Å². The summed E-state index contributed by atoms with van der Waals surface area (Å²) in [7, 11) is 0. The third kappa shape index (κ3) is 3.64. The maximum atomic E-state index is 11.9. The highest BCUT2D eigenvalue weighted by molar-refractivity contribution is 5.90. The number of aldehydes is 1. The summed E-state index contributed by atoms with van der Waals surface area (Å²) in [6, 6.07) is -1.16. The van der Waals surface area contributed by atoms with Gasteiger partial charge < -0.3 is 20.4 Å². The number of nitrogens with one attached hydrogen (secondary N) is 3. The predicted octanol–water partition coefficient (Wildman–Crippen LogP) is -0.695. The van der Waals surface area contributed by atoms with Gasteiger partial charge in [0.05, 0.1) is 12.4 Å². The minimum absolute atomic E-state index is 0.123. The van der Waals surface area contributed by atoms with Crippen LogP contribution in [0.5, 0.6) is 0 Å². The van der Waals surface area contributed by atoms with E-state index in [0.717, 1.165) is 5.69 Å². The number of aromatic nitrogens is 2. The molecule has 0 spiro atoms. The molecule has 1 saturated heterocycles. The fourth-order valence-electron chi connectivity index (χ4n) is 2.05. The lowest BCUT2D eigenvalue weighted by molar-refractivity contribution is -0.131. The molecule has 0 aromatic carbocycles. The monoisotopic (exact) mass is 264 g/mol. The average molecular weight is 264 g/mol. The zero-order chi connectivity index (χ0) is 13.7. The van der Waals surface area contributed by atoms with Crippen LogP contribution in [0.1, 0.15) is 25.0 Å². The number of H-pyrrole nitrogens is 1. The van der Waals surface area contributed by atoms with Crippen LogP contribution in [0.3, 0.4) is 0 Å². The van der Waals surface area contributed by atoms with Gasteiger partial charge in [-0.25, -0.2) is 4.98 Å². The van der Waals surface area contributed by atoms with E-state index in [1.807, 2.05) is 0 Å². The third-order valence-corrected chi connectivity index (χ3v) is 3.03. The van der Waals surface area contributed by atoms with Crippen molar-refractivity contribution in [2.75, 3.05) is 0 Å². The Balaban J connectivity index is 1.88. The first-order valence-corrected chi connectivity index (χ1v) is 6.21. The summed E-state index contributed by atoms with van der Waals surface area (Å²) in [6.45, 7) is 0. The number of aromatic amines is 1. The van der Waals surface area contributed by atoms with Crippen molar-refractivity contribution < 1.29 is 14.4 Å². The van der Waals surface area contributed by atoms with Crippen molar-refractivity contribution in [3.8, 4) is 0 Å². The molecule has 1 aliphatic heterocycles. The topological polar surface area (TPSA) is 104 Å². The number of hydrogen-bond acceptors (Lipinski definition) is 4. The van der Waals surface area contributed by atoms with Crippen molar-refractivity contribution in [2.45, 2.75) is 37.8 Å². The fourth-order valence-corrected chi connectivity index (χ4v) is 2.05. The van der Waals surface area contributed by atoms with Gasteiger partial charge in [0.1, 0.15) is 12.3 Å². The van der Waals surface area contributed by atoms with Gasteiger partial charge in [-0.1, -0.05) is 0 Å². The second kappa shape index (κ2) is 6.12. The molecule has 0 radical (unpaired) electrons. The summed E-state index contributed by atoms with van der Waals surface area (Å²) in [6.07, 6.45) is 5.91. The normalized spacial score (nSPS) is 20.4. The summed E-state index contributed by atoms with van der Waals surface area (Å²) in [5.41, 5.74) is 0.769. The minimum Gasteiger partial charge on any atom is -0.348 e. The van der Waals surface area contributed by atoms with E-state index in [1.54, 1.807) is 6.20 Å². The Hall–Kier alpha value is -2.18. The molecule has 102 valence electrons. The van der Waals surface area contributed by atoms with Gasteiger partial charge in [0.15, 0.2) is 0 Å². The molecule has 2 unspecified atom stereocenters. The van der Waals surface area contributed by atoms with Gasteiger partial charge in [0.2, 0.25) is 11.8 Å². The smallest absolute Gasteiger partial charge is 0.243 e. The quantitative estimate of drug-likeness (QED) is 0.612. The van der Waals surface area contributed by atoms with E-state index in [2.05, 4.69) is 20.6 Å². The molecule has 2 heterocycles. The van der Waals surface area contributed by atoms with E-state index in [0.29, 0.717) is 32.0 Å². The van der Waals surface area contributed by atoms with Gasteiger partial charge >= 0.3 is 0 Å². The summed E-state index contributed by atoms with van der Waals surface area (Å²) >= 11 is 0. The molecule has 2 rings (SSSR count). The second-order valence-corrected chi connectivity index (χ2v) is 4.54. The number of imidazole rings is 1. The highest BCUT2D eigenvalue weighted by atomic mass is 16.2. The molecule has 1 aromatic rings. The van der Waals surface area contributed by atoms with E-state index in [-0.39, 0.29) is 11.8 Å². The molecule has 0 bridgehead atoms. The van der Waals surface area contributed by atoms with E-state index >= 15 is 0 Å². The highest BCUT2D eigenvalue weighted by Gasteiger charge is 2.26. The van der Waals surface area contributed by atoms with Gasteiger partial charge in [0.25, 0.3) is 0 Å². The van der Waals surface area contributed by atoms with Gasteiger partial charge in [-0.3, -0.25) is 9.59 Å². The number of rotatable bonds is 5. The SMILES string of the molecule is O=CC(Cc1cnc[nH]1)NC(=O)C1CCCC(=O)N1. The molecular weight excluding hydrogens is 248 g/mol. The molecule has 7 nitrogen and oxygen atoms in total. The van der Waals surface area contributed by atoms with Crippen LogP contribution in [-0.4, -0.2) is 40.2 Å². The summed E-state index contributed by atoms with van der Waals surface area (Å²) < 4.78 is 0. The van der Waals surface area contributed by atoms with Crippen molar-refractivity contribution in [2.24, 2.45) is 0 Å². The molecule has 19 heavy (non-hydrogen) atoms. The Kier molecular flexibility index (Phi) is 4.27. The average Bonchev–Trinajstić information content (AvgIpc) is 2.90. The van der Waals surface area contributed by atoms with Crippen LogP contribution in [-0.2, 0) is 20.8 Å². The van der Waals surface area contributed by atoms with Crippen LogP contribution in [0.4, 0.5) is 0 Å². The predicted molar refractivity (Wildman–Crippen MR) is 66.1 cm³/mol. The number of nitrogens with zero attached hydrogens (tertiary/aromatic N) is 1. The zero-order valence-electron chi connectivity index (χ0n) is 10.4. The summed E-state index contributed by atoms with van der Waals surface area (Å²) in [4.78, 5) is 40.8. The summed E-state index contributed by atoms with van der Waals surface area (Å²) in [5.74, 6) is -0.438. The van der Waals surface area contributed by atoms with Gasteiger partial charge in [-0.05, 0) is 12.8 Å². The van der Waals surface area contributed by atoms with E-state index in [1.165, 1.54) is 6.33 Å². The molecule has 1 aliphatic rings. The largest absolute Gasteiger partial charge is 0.348 e. The molecule has 3 N–H and O–H groups in total. The van der Waals surface area contributed by atoms with Crippen molar-refractivity contribution in [1.82, 2.24) is 20.6 Å². The standard InChI is InChI=1S/C12H16N4O3/c17-6-9(4-8-5-13-7-14-8)15-12(19)10-2-1-3-11(18)16-10/h5-7,9-10H,1-4H2,(H,13,14)(H,15,19)(H,16,18). The molecule has 1 aromatic heterocycles. The first-order chi connectivity index (χ1) is 9.19. The van der Waals surface area contributed by atoms with Gasteiger partial charge in [-0.15, -0.1) is 0 Å². The van der Waals surface area contributed by atoms with Crippen molar-refractivity contribution in [3.63, 3.8) is 0 Å². The van der Waals surface area contributed by atoms with Gasteiger partial charge in [0, 0.05) is 24.7 Å². The maximum Gasteiger partial charge on any atom is 0.243 e. The number of piperidine rings is 1. The number of carbonyl (C=O) groups excluding carboxylic acids is 3. The molecule has 1 fully saturated rings. The Morgan fingerprint density at radius 1 is 1.63 bits per heavy atom. The minimum atomic E-state index is -0.619. The fraction of sp³-hybridized carbons (Fsp3) is 0.500.